The van der Waals surface area contributed by atoms with Gasteiger partial charge < -0.3 is 10.2 Å². The van der Waals surface area contributed by atoms with Gasteiger partial charge in [0.1, 0.15) is 0 Å². The topological polar surface area (TPSA) is 57.5 Å². The molecule has 0 aromatic carbocycles. The van der Waals surface area contributed by atoms with Crippen LogP contribution >= 0.6 is 11.8 Å². The lowest BCUT2D eigenvalue weighted by atomic mass is 9.75. The van der Waals surface area contributed by atoms with Crippen molar-refractivity contribution < 1.29 is 15.0 Å². The van der Waals surface area contributed by atoms with E-state index in [-0.39, 0.29) is 12.5 Å². The number of aliphatic hydroxyl groups is 1. The van der Waals surface area contributed by atoms with E-state index in [1.54, 1.807) is 0 Å². The lowest BCUT2D eigenvalue weighted by Gasteiger charge is -2.49. The molecule has 3 rings (SSSR count). The number of hydrogen-bond acceptors (Lipinski definition) is 3. The predicted molar refractivity (Wildman–Crippen MR) is 106 cm³/mol. The molecule has 2 aliphatic heterocycles. The number of allylic oxidation sites excluding steroid dienone is 3. The first kappa shape index (κ1) is 20.6. The van der Waals surface area contributed by atoms with Crippen LogP contribution in [0, 0.1) is 11.8 Å². The maximum atomic E-state index is 10.5. The monoisotopic (exact) mass is 366 g/mol. The standard InChI is InChI=1S/C21H34O3S/c1-2-3-6-9-17(22)13-12-16-14-18-15-20(25-18)19(16)10-7-4-5-8-11-21(23)24/h4,7,12-13,16-20,22H,2-3,5-6,8-11,14-15H2,1H3,(H,23,24)/b7-4-,13-12+/t16-,17-,18-,19+,20-/m1/s1. The summed E-state index contributed by atoms with van der Waals surface area (Å²) < 4.78 is 0. The fraction of sp³-hybridized carbons (Fsp3) is 0.762. The van der Waals surface area contributed by atoms with Gasteiger partial charge in [0.15, 0.2) is 0 Å². The second kappa shape index (κ2) is 11.1. The average molecular weight is 367 g/mol. The zero-order valence-corrected chi connectivity index (χ0v) is 16.3. The van der Waals surface area contributed by atoms with Gasteiger partial charge >= 0.3 is 5.97 Å². The van der Waals surface area contributed by atoms with Crippen LogP contribution in [0.5, 0.6) is 0 Å². The molecule has 3 fully saturated rings. The summed E-state index contributed by atoms with van der Waals surface area (Å²) in [5, 5.41) is 20.4. The Labute approximate surface area is 157 Å². The van der Waals surface area contributed by atoms with Crippen molar-refractivity contribution in [1.29, 1.82) is 0 Å². The largest absolute Gasteiger partial charge is 0.481 e. The van der Waals surface area contributed by atoms with Crippen LogP contribution < -0.4 is 0 Å². The third-order valence-corrected chi connectivity index (χ3v) is 7.11. The zero-order chi connectivity index (χ0) is 18.1. The molecule has 4 heteroatoms. The highest BCUT2D eigenvalue weighted by Gasteiger charge is 2.44. The maximum absolute atomic E-state index is 10.5. The van der Waals surface area contributed by atoms with Crippen LogP contribution in [-0.4, -0.2) is 32.8 Å². The van der Waals surface area contributed by atoms with E-state index >= 15 is 0 Å². The van der Waals surface area contributed by atoms with Crippen LogP contribution in [0.3, 0.4) is 0 Å². The van der Waals surface area contributed by atoms with E-state index in [0.29, 0.717) is 11.8 Å². The van der Waals surface area contributed by atoms with Crippen molar-refractivity contribution >= 4 is 17.7 Å². The second-order valence-electron chi connectivity index (χ2n) is 7.54. The minimum Gasteiger partial charge on any atom is -0.481 e. The normalized spacial score (nSPS) is 29.8. The van der Waals surface area contributed by atoms with Crippen LogP contribution in [0.15, 0.2) is 24.3 Å². The van der Waals surface area contributed by atoms with Crippen LogP contribution in [0.4, 0.5) is 0 Å². The molecule has 25 heavy (non-hydrogen) atoms. The first-order valence-corrected chi connectivity index (χ1v) is 10.9. The van der Waals surface area contributed by atoms with Gasteiger partial charge in [-0.2, -0.15) is 11.8 Å². The number of aliphatic carboxylic acids is 1. The summed E-state index contributed by atoms with van der Waals surface area (Å²) in [7, 11) is 0. The molecule has 0 unspecified atom stereocenters. The molecule has 0 aromatic rings. The summed E-state index contributed by atoms with van der Waals surface area (Å²) in [4.78, 5) is 10.5. The van der Waals surface area contributed by atoms with Crippen molar-refractivity contribution in [2.24, 2.45) is 11.8 Å². The number of carboxylic acids is 1. The summed E-state index contributed by atoms with van der Waals surface area (Å²) in [5.74, 6) is 0.555. The van der Waals surface area contributed by atoms with Crippen molar-refractivity contribution in [3.05, 3.63) is 24.3 Å². The molecule has 0 aromatic heterocycles. The first-order chi connectivity index (χ1) is 12.1. The van der Waals surface area contributed by atoms with Gasteiger partial charge in [-0.1, -0.05) is 50.5 Å². The minimum atomic E-state index is -0.708. The number of aliphatic hydroxyl groups excluding tert-OH is 1. The fourth-order valence-corrected chi connectivity index (χ4v) is 5.58. The van der Waals surface area contributed by atoms with Crippen molar-refractivity contribution in [3.63, 3.8) is 0 Å². The van der Waals surface area contributed by atoms with Crippen LogP contribution in [0.2, 0.25) is 0 Å². The van der Waals surface area contributed by atoms with Crippen LogP contribution in [0.1, 0.15) is 71.1 Å². The van der Waals surface area contributed by atoms with Gasteiger partial charge in [0.05, 0.1) is 6.10 Å². The Morgan fingerprint density at radius 1 is 1.24 bits per heavy atom. The predicted octanol–water partition coefficient (Wildman–Crippen LogP) is 5.20. The molecule has 0 radical (unpaired) electrons. The molecule has 0 spiro atoms. The number of unbranched alkanes of at least 4 members (excludes halogenated alkanes) is 3. The van der Waals surface area contributed by atoms with Gasteiger partial charge in [0, 0.05) is 16.9 Å². The van der Waals surface area contributed by atoms with E-state index in [1.807, 2.05) is 6.08 Å². The van der Waals surface area contributed by atoms with Gasteiger partial charge in [-0.15, -0.1) is 0 Å². The molecular formula is C21H34O3S. The molecule has 3 nitrogen and oxygen atoms in total. The minimum absolute atomic E-state index is 0.259. The Hall–Kier alpha value is -0.740. The summed E-state index contributed by atoms with van der Waals surface area (Å²) in [6, 6.07) is 0. The van der Waals surface area contributed by atoms with Crippen LogP contribution in [0.25, 0.3) is 0 Å². The highest BCUT2D eigenvalue weighted by atomic mass is 32.2. The highest BCUT2D eigenvalue weighted by Crippen LogP contribution is 2.54. The lowest BCUT2D eigenvalue weighted by Crippen LogP contribution is -2.44. The molecule has 2 saturated heterocycles. The third-order valence-electron chi connectivity index (χ3n) is 5.45. The second-order valence-corrected chi connectivity index (χ2v) is 9.08. The molecule has 2 N–H and O–H groups in total. The molecular weight excluding hydrogens is 332 g/mol. The zero-order valence-electron chi connectivity index (χ0n) is 15.5. The number of thioether (sulfide) groups is 1. The Morgan fingerprint density at radius 3 is 2.76 bits per heavy atom. The third kappa shape index (κ3) is 7.18. The van der Waals surface area contributed by atoms with Gasteiger partial charge in [-0.05, 0) is 50.4 Å². The number of hydrogen-bond donors (Lipinski definition) is 2. The summed E-state index contributed by atoms with van der Waals surface area (Å²) in [6.07, 6.45) is 18.4. The van der Waals surface area contributed by atoms with Gasteiger partial charge in [-0.25, -0.2) is 0 Å². The van der Waals surface area contributed by atoms with E-state index < -0.39 is 5.97 Å². The van der Waals surface area contributed by atoms with Crippen LogP contribution in [-0.2, 0) is 4.79 Å². The number of fused-ring (bicyclic) bond motifs is 2. The lowest BCUT2D eigenvalue weighted by molar-refractivity contribution is -0.137. The summed E-state index contributed by atoms with van der Waals surface area (Å²) in [6.45, 7) is 2.19. The summed E-state index contributed by atoms with van der Waals surface area (Å²) >= 11 is 2.14. The molecule has 2 heterocycles. The molecule has 3 aliphatic rings. The number of carbonyl (C=O) groups is 1. The molecule has 142 valence electrons. The Morgan fingerprint density at radius 2 is 2.04 bits per heavy atom. The average Bonchev–Trinajstić information content (AvgIpc) is 2.55. The van der Waals surface area contributed by atoms with Gasteiger partial charge in [-0.3, -0.25) is 4.79 Å². The van der Waals surface area contributed by atoms with Gasteiger partial charge in [0.25, 0.3) is 0 Å². The molecule has 1 saturated carbocycles. The van der Waals surface area contributed by atoms with Gasteiger partial charge in [0.2, 0.25) is 0 Å². The van der Waals surface area contributed by atoms with E-state index in [9.17, 15) is 9.90 Å². The van der Waals surface area contributed by atoms with Crippen molar-refractivity contribution in [3.8, 4) is 0 Å². The van der Waals surface area contributed by atoms with Crippen molar-refractivity contribution in [1.82, 2.24) is 0 Å². The Balaban J connectivity index is 1.76. The molecule has 5 atom stereocenters. The summed E-state index contributed by atoms with van der Waals surface area (Å²) in [5.41, 5.74) is 0. The van der Waals surface area contributed by atoms with E-state index in [1.165, 1.54) is 25.7 Å². The van der Waals surface area contributed by atoms with E-state index in [4.69, 9.17) is 5.11 Å². The maximum Gasteiger partial charge on any atom is 0.303 e. The highest BCUT2D eigenvalue weighted by molar-refractivity contribution is 8.01. The van der Waals surface area contributed by atoms with Crippen molar-refractivity contribution in [2.75, 3.05) is 0 Å². The van der Waals surface area contributed by atoms with E-state index in [2.05, 4.69) is 36.9 Å². The Kier molecular flexibility index (Phi) is 9.11. The molecule has 2 bridgehead atoms. The number of rotatable bonds is 12. The molecule has 0 amide bonds. The first-order valence-electron chi connectivity index (χ1n) is 9.98. The number of carboxylic acid groups (broad SMARTS) is 1. The van der Waals surface area contributed by atoms with E-state index in [0.717, 1.165) is 42.6 Å². The fourth-order valence-electron chi connectivity index (χ4n) is 3.94. The quantitative estimate of drug-likeness (QED) is 0.368. The Bertz CT molecular complexity index is 454. The van der Waals surface area contributed by atoms with Crippen molar-refractivity contribution in [2.45, 2.75) is 87.7 Å². The SMILES string of the molecule is CCCCC[C@@H](O)/C=C/[C@@H]1C[C@@H]2C[C@@H](S2)[C@H]1C/C=C\CCCC(=O)O. The molecule has 1 aliphatic carbocycles. The smallest absolute Gasteiger partial charge is 0.303 e.